The van der Waals surface area contributed by atoms with E-state index in [0.717, 1.165) is 12.0 Å². The minimum Gasteiger partial charge on any atom is -0.345 e. The molecule has 30 heavy (non-hydrogen) atoms. The van der Waals surface area contributed by atoms with Crippen LogP contribution in [-0.4, -0.2) is 20.9 Å². The molecule has 0 aliphatic heterocycles. The van der Waals surface area contributed by atoms with Crippen molar-refractivity contribution in [3.05, 3.63) is 96.1 Å². The lowest BCUT2D eigenvalue weighted by Gasteiger charge is -2.23. The van der Waals surface area contributed by atoms with Crippen molar-refractivity contribution >= 4 is 21.6 Å². The molecule has 0 spiro atoms. The maximum atomic E-state index is 13.0. The predicted molar refractivity (Wildman–Crippen MR) is 120 cm³/mol. The number of carbonyl (C=O) groups excluding carboxylic acids is 1. The number of hydrogen-bond acceptors (Lipinski definition) is 3. The number of benzene rings is 3. The molecule has 3 aromatic rings. The fraction of sp³-hybridized carbons (Fsp3) is 0.208. The van der Waals surface area contributed by atoms with E-state index in [4.69, 9.17) is 0 Å². The van der Waals surface area contributed by atoms with Crippen molar-refractivity contribution in [1.29, 1.82) is 0 Å². The van der Waals surface area contributed by atoms with Gasteiger partial charge in [0.15, 0.2) is 0 Å². The van der Waals surface area contributed by atoms with Gasteiger partial charge < -0.3 is 5.32 Å². The molecule has 5 nitrogen and oxygen atoms in total. The summed E-state index contributed by atoms with van der Waals surface area (Å²) in [6.07, 6.45) is 0.771. The number of anilines is 1. The SMILES string of the molecule is CCC(NC(=O)c1ccc(N(CC)S(=O)(=O)c2ccccc2)cc1)c1ccccc1. The summed E-state index contributed by atoms with van der Waals surface area (Å²) in [6.45, 7) is 4.09. The van der Waals surface area contributed by atoms with Gasteiger partial charge in [-0.05, 0) is 55.3 Å². The summed E-state index contributed by atoms with van der Waals surface area (Å²) >= 11 is 0. The first-order chi connectivity index (χ1) is 14.5. The van der Waals surface area contributed by atoms with E-state index >= 15 is 0 Å². The van der Waals surface area contributed by atoms with Gasteiger partial charge in [-0.2, -0.15) is 0 Å². The van der Waals surface area contributed by atoms with E-state index in [0.29, 0.717) is 11.3 Å². The normalized spacial score (nSPS) is 12.2. The summed E-state index contributed by atoms with van der Waals surface area (Å²) < 4.78 is 27.3. The zero-order valence-corrected chi connectivity index (χ0v) is 18.0. The molecule has 3 rings (SSSR count). The fourth-order valence-corrected chi connectivity index (χ4v) is 4.83. The summed E-state index contributed by atoms with van der Waals surface area (Å²) in [5, 5.41) is 3.05. The Kier molecular flexibility index (Phi) is 6.90. The van der Waals surface area contributed by atoms with Gasteiger partial charge in [-0.15, -0.1) is 0 Å². The van der Waals surface area contributed by atoms with Crippen molar-refractivity contribution in [2.45, 2.75) is 31.2 Å². The summed E-state index contributed by atoms with van der Waals surface area (Å²) in [5.74, 6) is -0.189. The Hall–Kier alpha value is -3.12. The molecule has 6 heteroatoms. The van der Waals surface area contributed by atoms with Crippen molar-refractivity contribution in [2.24, 2.45) is 0 Å². The van der Waals surface area contributed by atoms with Gasteiger partial charge in [0.1, 0.15) is 0 Å². The molecule has 1 atom stereocenters. The van der Waals surface area contributed by atoms with Crippen molar-refractivity contribution in [3.8, 4) is 0 Å². The number of amides is 1. The Balaban J connectivity index is 1.79. The molecule has 1 unspecified atom stereocenters. The second kappa shape index (κ2) is 9.59. The molecule has 1 amide bonds. The molecule has 1 N–H and O–H groups in total. The molecule has 0 saturated heterocycles. The van der Waals surface area contributed by atoms with Crippen LogP contribution in [0.2, 0.25) is 0 Å². The van der Waals surface area contributed by atoms with E-state index in [9.17, 15) is 13.2 Å². The van der Waals surface area contributed by atoms with E-state index < -0.39 is 10.0 Å². The molecule has 0 bridgehead atoms. The van der Waals surface area contributed by atoms with E-state index in [-0.39, 0.29) is 23.4 Å². The second-order valence-corrected chi connectivity index (χ2v) is 8.74. The van der Waals surface area contributed by atoms with Gasteiger partial charge in [-0.1, -0.05) is 55.5 Å². The van der Waals surface area contributed by atoms with E-state index in [1.807, 2.05) is 37.3 Å². The highest BCUT2D eigenvalue weighted by atomic mass is 32.2. The van der Waals surface area contributed by atoms with Crippen LogP contribution in [0.4, 0.5) is 5.69 Å². The van der Waals surface area contributed by atoms with Crippen molar-refractivity contribution in [3.63, 3.8) is 0 Å². The molecule has 3 aromatic carbocycles. The molecular formula is C24H26N2O3S. The lowest BCUT2D eigenvalue weighted by molar-refractivity contribution is 0.0935. The highest BCUT2D eigenvalue weighted by Gasteiger charge is 2.23. The van der Waals surface area contributed by atoms with Gasteiger partial charge in [0.2, 0.25) is 0 Å². The van der Waals surface area contributed by atoms with Crippen LogP contribution in [-0.2, 0) is 10.0 Å². The van der Waals surface area contributed by atoms with Crippen LogP contribution in [0, 0.1) is 0 Å². The summed E-state index contributed by atoms with van der Waals surface area (Å²) in [5.41, 5.74) is 2.06. The minimum absolute atomic E-state index is 0.0797. The number of hydrogen-bond donors (Lipinski definition) is 1. The average molecular weight is 423 g/mol. The fourth-order valence-electron chi connectivity index (χ4n) is 3.34. The molecule has 0 aliphatic rings. The first-order valence-corrected chi connectivity index (χ1v) is 11.4. The molecule has 0 aromatic heterocycles. The number of sulfonamides is 1. The lowest BCUT2D eigenvalue weighted by atomic mass is 10.0. The molecule has 0 aliphatic carbocycles. The van der Waals surface area contributed by atoms with Gasteiger partial charge in [0.05, 0.1) is 16.6 Å². The number of carbonyl (C=O) groups is 1. The minimum atomic E-state index is -3.66. The topological polar surface area (TPSA) is 66.5 Å². The zero-order chi connectivity index (χ0) is 21.6. The van der Waals surface area contributed by atoms with Crippen LogP contribution in [0.25, 0.3) is 0 Å². The number of nitrogens with one attached hydrogen (secondary N) is 1. The maximum absolute atomic E-state index is 13.0. The maximum Gasteiger partial charge on any atom is 0.264 e. The third-order valence-electron chi connectivity index (χ3n) is 4.95. The van der Waals surface area contributed by atoms with Crippen molar-refractivity contribution in [1.82, 2.24) is 5.32 Å². The van der Waals surface area contributed by atoms with Crippen LogP contribution >= 0.6 is 0 Å². The lowest BCUT2D eigenvalue weighted by Crippen LogP contribution is -2.31. The van der Waals surface area contributed by atoms with E-state index in [1.165, 1.54) is 4.31 Å². The van der Waals surface area contributed by atoms with Crippen LogP contribution < -0.4 is 9.62 Å². The standard InChI is InChI=1S/C24H26N2O3S/c1-3-23(19-11-7-5-8-12-19)25-24(27)20-15-17-21(18-16-20)26(4-2)30(28,29)22-13-9-6-10-14-22/h5-18,23H,3-4H2,1-2H3,(H,25,27). The summed E-state index contributed by atoms with van der Waals surface area (Å²) in [4.78, 5) is 13.0. The third-order valence-corrected chi connectivity index (χ3v) is 6.87. The number of nitrogens with zero attached hydrogens (tertiary/aromatic N) is 1. The van der Waals surface area contributed by atoms with Gasteiger partial charge in [-0.25, -0.2) is 8.42 Å². The van der Waals surface area contributed by atoms with Crippen molar-refractivity contribution < 1.29 is 13.2 Å². The Labute approximate surface area is 178 Å². The predicted octanol–water partition coefficient (Wildman–Crippen LogP) is 4.78. The summed E-state index contributed by atoms with van der Waals surface area (Å²) in [6, 6.07) is 24.7. The highest BCUT2D eigenvalue weighted by molar-refractivity contribution is 7.92. The molecule has 0 saturated carbocycles. The monoisotopic (exact) mass is 422 g/mol. The van der Waals surface area contributed by atoms with Crippen LogP contribution in [0.5, 0.6) is 0 Å². The van der Waals surface area contributed by atoms with Crippen LogP contribution in [0.15, 0.2) is 89.8 Å². The molecule has 0 heterocycles. The van der Waals surface area contributed by atoms with Crippen LogP contribution in [0.3, 0.4) is 0 Å². The Morgan fingerprint density at radius 3 is 1.97 bits per heavy atom. The molecule has 156 valence electrons. The average Bonchev–Trinajstić information content (AvgIpc) is 2.79. The zero-order valence-electron chi connectivity index (χ0n) is 17.2. The molecular weight excluding hydrogens is 396 g/mol. The van der Waals surface area contributed by atoms with Crippen LogP contribution in [0.1, 0.15) is 42.2 Å². The first kappa shape index (κ1) is 21.6. The quantitative estimate of drug-likeness (QED) is 0.568. The Morgan fingerprint density at radius 2 is 1.43 bits per heavy atom. The third kappa shape index (κ3) is 4.71. The van der Waals surface area contributed by atoms with Gasteiger partial charge in [-0.3, -0.25) is 9.10 Å². The second-order valence-electron chi connectivity index (χ2n) is 6.87. The van der Waals surface area contributed by atoms with Crippen molar-refractivity contribution in [2.75, 3.05) is 10.8 Å². The molecule has 0 fully saturated rings. The van der Waals surface area contributed by atoms with E-state index in [1.54, 1.807) is 61.5 Å². The molecule has 0 radical (unpaired) electrons. The largest absolute Gasteiger partial charge is 0.345 e. The first-order valence-electron chi connectivity index (χ1n) is 10.0. The highest BCUT2D eigenvalue weighted by Crippen LogP contribution is 2.24. The van der Waals surface area contributed by atoms with Gasteiger partial charge in [0.25, 0.3) is 15.9 Å². The number of rotatable bonds is 8. The Bertz CT molecular complexity index is 1070. The summed E-state index contributed by atoms with van der Waals surface area (Å²) in [7, 11) is -3.66. The Morgan fingerprint density at radius 1 is 0.867 bits per heavy atom. The smallest absolute Gasteiger partial charge is 0.264 e. The van der Waals surface area contributed by atoms with E-state index in [2.05, 4.69) is 5.32 Å². The van der Waals surface area contributed by atoms with Gasteiger partial charge >= 0.3 is 0 Å². The van der Waals surface area contributed by atoms with Gasteiger partial charge in [0, 0.05) is 12.1 Å².